The van der Waals surface area contributed by atoms with Gasteiger partial charge in [-0.05, 0) is 48.1 Å². The second kappa shape index (κ2) is 12.0. The molecule has 4 aromatic carbocycles. The Morgan fingerprint density at radius 3 is 2.34 bits per heavy atom. The van der Waals surface area contributed by atoms with Crippen LogP contribution in [0, 0.1) is 11.7 Å². The molecule has 210 valence electrons. The number of carbonyl (C=O) groups excluding carboxylic acids is 1. The number of sulfonamides is 1. The summed E-state index contributed by atoms with van der Waals surface area (Å²) in [5.74, 6) is -0.335. The summed E-state index contributed by atoms with van der Waals surface area (Å²) >= 11 is 0. The Morgan fingerprint density at radius 2 is 1.61 bits per heavy atom. The monoisotopic (exact) mass is 570 g/mol. The highest BCUT2D eigenvalue weighted by Gasteiger charge is 2.29. The minimum atomic E-state index is -4.01. The molecule has 41 heavy (non-hydrogen) atoms. The van der Waals surface area contributed by atoms with Crippen molar-refractivity contribution in [1.82, 2.24) is 14.1 Å². The molecule has 0 unspecified atom stereocenters. The van der Waals surface area contributed by atoms with Crippen molar-refractivity contribution < 1.29 is 17.6 Å². The molecule has 1 N–H and O–H groups in total. The second-order valence-corrected chi connectivity index (χ2v) is 12.1. The van der Waals surface area contributed by atoms with Crippen molar-refractivity contribution >= 4 is 32.5 Å². The van der Waals surface area contributed by atoms with E-state index in [1.54, 1.807) is 42.5 Å². The van der Waals surface area contributed by atoms with Gasteiger partial charge in [0.25, 0.3) is 0 Å². The zero-order valence-corrected chi connectivity index (χ0v) is 23.7. The summed E-state index contributed by atoms with van der Waals surface area (Å²) in [6.07, 6.45) is 0.586. The molecule has 0 aliphatic carbocycles. The van der Waals surface area contributed by atoms with Crippen molar-refractivity contribution in [1.29, 1.82) is 0 Å². The van der Waals surface area contributed by atoms with E-state index >= 15 is 0 Å². The fourth-order valence-electron chi connectivity index (χ4n) is 4.59. The van der Waals surface area contributed by atoms with Gasteiger partial charge < -0.3 is 5.32 Å². The third kappa shape index (κ3) is 6.37. The van der Waals surface area contributed by atoms with Gasteiger partial charge in [0.05, 0.1) is 22.8 Å². The van der Waals surface area contributed by atoms with Crippen LogP contribution in [0.4, 0.5) is 10.2 Å². The van der Waals surface area contributed by atoms with Gasteiger partial charge in [0.1, 0.15) is 11.6 Å². The molecule has 0 aliphatic rings. The highest BCUT2D eigenvalue weighted by molar-refractivity contribution is 7.89. The number of fused-ring (bicyclic) bond motifs is 1. The molecular weight excluding hydrogens is 539 g/mol. The predicted octanol–water partition coefficient (Wildman–Crippen LogP) is 6.51. The van der Waals surface area contributed by atoms with Crippen LogP contribution in [0.5, 0.6) is 0 Å². The first kappa shape index (κ1) is 28.2. The molecule has 1 heterocycles. The fraction of sp³-hybridized carbons (Fsp3) is 0.188. The van der Waals surface area contributed by atoms with Crippen molar-refractivity contribution in [3.8, 4) is 16.9 Å². The van der Waals surface area contributed by atoms with E-state index in [4.69, 9.17) is 0 Å². The summed E-state index contributed by atoms with van der Waals surface area (Å²) in [7, 11) is -4.01. The Hall–Kier alpha value is -4.34. The lowest BCUT2D eigenvalue weighted by atomic mass is 10.1. The Kier molecular flexibility index (Phi) is 8.28. The minimum absolute atomic E-state index is 0.162. The summed E-state index contributed by atoms with van der Waals surface area (Å²) < 4.78 is 44.3. The van der Waals surface area contributed by atoms with E-state index in [2.05, 4.69) is 10.4 Å². The van der Waals surface area contributed by atoms with Gasteiger partial charge in [0, 0.05) is 23.6 Å². The van der Waals surface area contributed by atoms with Crippen LogP contribution in [0.25, 0.3) is 27.7 Å². The Bertz CT molecular complexity index is 1760. The molecular formula is C32H31FN4O3S. The summed E-state index contributed by atoms with van der Waals surface area (Å²) in [5.41, 5.74) is 1.98. The molecule has 0 fully saturated rings. The van der Waals surface area contributed by atoms with Gasteiger partial charge in [-0.2, -0.15) is 9.40 Å². The molecule has 0 atom stereocenters. The number of anilines is 1. The molecule has 0 saturated carbocycles. The Balaban J connectivity index is 1.47. The molecule has 0 radical (unpaired) electrons. The number of benzene rings is 4. The molecule has 5 aromatic rings. The zero-order valence-electron chi connectivity index (χ0n) is 22.9. The zero-order chi connectivity index (χ0) is 29.0. The predicted molar refractivity (Wildman–Crippen MR) is 160 cm³/mol. The normalized spacial score (nSPS) is 11.8. The number of hydrogen-bond donors (Lipinski definition) is 1. The SMILES string of the molecule is CC(C)CCN(CC(=O)Nc1cc(-c2ccccc2)nn1-c1ccc(F)cc1)S(=O)(=O)c1cccc2ccccc12. The van der Waals surface area contributed by atoms with Crippen molar-refractivity contribution in [3.63, 3.8) is 0 Å². The summed E-state index contributed by atoms with van der Waals surface area (Å²) in [4.78, 5) is 13.6. The van der Waals surface area contributed by atoms with E-state index in [1.165, 1.54) is 21.1 Å². The van der Waals surface area contributed by atoms with E-state index in [0.29, 0.717) is 29.0 Å². The van der Waals surface area contributed by atoms with Gasteiger partial charge in [-0.25, -0.2) is 17.5 Å². The number of amides is 1. The lowest BCUT2D eigenvalue weighted by Gasteiger charge is -2.23. The first-order valence-corrected chi connectivity index (χ1v) is 14.9. The molecule has 9 heteroatoms. The number of carbonyl (C=O) groups is 1. The minimum Gasteiger partial charge on any atom is -0.309 e. The van der Waals surface area contributed by atoms with Crippen LogP contribution in [-0.2, 0) is 14.8 Å². The van der Waals surface area contributed by atoms with E-state index in [0.717, 1.165) is 10.9 Å². The smallest absolute Gasteiger partial charge is 0.244 e. The molecule has 5 rings (SSSR count). The number of aromatic nitrogens is 2. The molecule has 0 spiro atoms. The maximum Gasteiger partial charge on any atom is 0.244 e. The van der Waals surface area contributed by atoms with Crippen molar-refractivity contribution in [2.24, 2.45) is 5.92 Å². The van der Waals surface area contributed by atoms with Crippen molar-refractivity contribution in [3.05, 3.63) is 109 Å². The molecule has 0 aliphatic heterocycles. The molecule has 0 bridgehead atoms. The van der Waals surface area contributed by atoms with Crippen molar-refractivity contribution in [2.75, 3.05) is 18.4 Å². The van der Waals surface area contributed by atoms with Crippen LogP contribution >= 0.6 is 0 Å². The first-order valence-electron chi connectivity index (χ1n) is 13.4. The number of rotatable bonds is 10. The largest absolute Gasteiger partial charge is 0.309 e. The van der Waals surface area contributed by atoms with E-state index in [-0.39, 0.29) is 23.9 Å². The van der Waals surface area contributed by atoms with Gasteiger partial charge in [-0.3, -0.25) is 4.79 Å². The van der Waals surface area contributed by atoms with Crippen LogP contribution in [0.1, 0.15) is 20.3 Å². The third-order valence-electron chi connectivity index (χ3n) is 6.76. The van der Waals surface area contributed by atoms with Gasteiger partial charge in [0.2, 0.25) is 15.9 Å². The molecule has 7 nitrogen and oxygen atoms in total. The molecule has 1 amide bonds. The highest BCUT2D eigenvalue weighted by atomic mass is 32.2. The van der Waals surface area contributed by atoms with E-state index < -0.39 is 21.7 Å². The lowest BCUT2D eigenvalue weighted by molar-refractivity contribution is -0.116. The number of hydrogen-bond acceptors (Lipinski definition) is 4. The second-order valence-electron chi connectivity index (χ2n) is 10.2. The average molecular weight is 571 g/mol. The highest BCUT2D eigenvalue weighted by Crippen LogP contribution is 2.28. The van der Waals surface area contributed by atoms with E-state index in [1.807, 2.05) is 62.4 Å². The lowest BCUT2D eigenvalue weighted by Crippen LogP contribution is -2.39. The van der Waals surface area contributed by atoms with E-state index in [9.17, 15) is 17.6 Å². The number of nitrogens with one attached hydrogen (secondary N) is 1. The first-order chi connectivity index (χ1) is 19.7. The number of halogens is 1. The summed E-state index contributed by atoms with van der Waals surface area (Å²) in [6.45, 7) is 3.82. The van der Waals surface area contributed by atoms with Crippen LogP contribution in [0.15, 0.2) is 108 Å². The average Bonchev–Trinajstić information content (AvgIpc) is 3.39. The van der Waals surface area contributed by atoms with Crippen LogP contribution in [0.3, 0.4) is 0 Å². The van der Waals surface area contributed by atoms with Crippen molar-refractivity contribution in [2.45, 2.75) is 25.2 Å². The van der Waals surface area contributed by atoms with Gasteiger partial charge in [0.15, 0.2) is 0 Å². The van der Waals surface area contributed by atoms with Crippen LogP contribution in [0.2, 0.25) is 0 Å². The third-order valence-corrected chi connectivity index (χ3v) is 8.66. The van der Waals surface area contributed by atoms with Crippen LogP contribution in [-0.4, -0.2) is 41.5 Å². The van der Waals surface area contributed by atoms with Crippen LogP contribution < -0.4 is 5.32 Å². The number of nitrogens with zero attached hydrogens (tertiary/aromatic N) is 3. The maximum absolute atomic E-state index is 13.9. The fourth-order valence-corrected chi connectivity index (χ4v) is 6.21. The van der Waals surface area contributed by atoms with Gasteiger partial charge in [-0.15, -0.1) is 0 Å². The maximum atomic E-state index is 13.9. The van der Waals surface area contributed by atoms with Gasteiger partial charge in [-0.1, -0.05) is 80.6 Å². The Morgan fingerprint density at radius 1 is 0.927 bits per heavy atom. The topological polar surface area (TPSA) is 84.3 Å². The summed E-state index contributed by atoms with van der Waals surface area (Å²) in [6, 6.07) is 29.4. The van der Waals surface area contributed by atoms with Gasteiger partial charge >= 0.3 is 0 Å². The summed E-state index contributed by atoms with van der Waals surface area (Å²) in [5, 5.41) is 8.91. The standard InChI is InChI=1S/C32H31FN4O3S/c1-23(2)19-20-36(41(39,40)30-14-8-12-24-9-6-7-13-28(24)30)22-32(38)34-31-21-29(25-10-4-3-5-11-25)35-37(31)27-17-15-26(33)16-18-27/h3-18,21,23H,19-20,22H2,1-2H3,(H,34,38). The molecule has 1 aromatic heterocycles. The molecule has 0 saturated heterocycles. The quantitative estimate of drug-likeness (QED) is 0.208. The Labute approximate surface area is 239 Å².